The molecule has 3 unspecified atom stereocenters. The summed E-state index contributed by atoms with van der Waals surface area (Å²) in [6, 6.07) is 4.04. The van der Waals surface area contributed by atoms with E-state index in [1.165, 1.54) is 0 Å². The molecule has 0 spiro atoms. The van der Waals surface area contributed by atoms with Crippen LogP contribution in [-0.2, 0) is 0 Å². The topological polar surface area (TPSA) is 26.0 Å². The molecule has 0 saturated heterocycles. The molecule has 1 nitrogen and oxygen atoms in total. The second kappa shape index (κ2) is 6.02. The molecule has 1 aliphatic rings. The van der Waals surface area contributed by atoms with E-state index in [9.17, 15) is 17.6 Å². The number of hydrogen-bond donors (Lipinski definition) is 1. The van der Waals surface area contributed by atoms with Crippen molar-refractivity contribution in [2.75, 3.05) is 0 Å². The summed E-state index contributed by atoms with van der Waals surface area (Å²) >= 11 is 3.07. The molecule has 20 heavy (non-hydrogen) atoms. The van der Waals surface area contributed by atoms with Crippen LogP contribution in [0.1, 0.15) is 37.3 Å². The lowest BCUT2D eigenvalue weighted by atomic mass is 9.76. The van der Waals surface area contributed by atoms with Gasteiger partial charge in [0.15, 0.2) is 0 Å². The molecule has 1 fully saturated rings. The lowest BCUT2D eigenvalue weighted by Crippen LogP contribution is -2.33. The monoisotopic (exact) mass is 353 g/mol. The molecular formula is C14H16BrF4N. The Morgan fingerprint density at radius 3 is 2.60 bits per heavy atom. The summed E-state index contributed by atoms with van der Waals surface area (Å²) in [6.07, 6.45) is -2.96. The average molecular weight is 354 g/mol. The third-order valence-corrected chi connectivity index (χ3v) is 4.64. The summed E-state index contributed by atoms with van der Waals surface area (Å²) in [6.45, 7) is 0. The summed E-state index contributed by atoms with van der Waals surface area (Å²) in [4.78, 5) is 0. The zero-order valence-corrected chi connectivity index (χ0v) is 12.3. The Balaban J connectivity index is 2.16. The molecule has 1 aromatic rings. The smallest absolute Gasteiger partial charge is 0.324 e. The average Bonchev–Trinajstić information content (AvgIpc) is 2.40. The number of benzene rings is 1. The fourth-order valence-corrected chi connectivity index (χ4v) is 3.26. The van der Waals surface area contributed by atoms with Gasteiger partial charge in [0, 0.05) is 11.6 Å². The van der Waals surface area contributed by atoms with Crippen LogP contribution in [0.5, 0.6) is 0 Å². The highest BCUT2D eigenvalue weighted by atomic mass is 79.9. The minimum Gasteiger partial charge on any atom is -0.324 e. The van der Waals surface area contributed by atoms with Crippen LogP contribution in [0.2, 0.25) is 0 Å². The van der Waals surface area contributed by atoms with Gasteiger partial charge in [-0.3, -0.25) is 0 Å². The first-order valence-corrected chi connectivity index (χ1v) is 7.36. The highest BCUT2D eigenvalue weighted by Gasteiger charge is 2.43. The van der Waals surface area contributed by atoms with Crippen molar-refractivity contribution in [2.24, 2.45) is 17.6 Å². The van der Waals surface area contributed by atoms with E-state index in [0.717, 1.165) is 0 Å². The SMILES string of the molecule is NC(c1cccc(Br)c1F)C1CCCC(C(F)(F)F)C1. The molecule has 2 rings (SSSR count). The second-order valence-electron chi connectivity index (χ2n) is 5.33. The van der Waals surface area contributed by atoms with Gasteiger partial charge in [0.1, 0.15) is 5.82 Å². The van der Waals surface area contributed by atoms with Gasteiger partial charge in [-0.25, -0.2) is 4.39 Å². The lowest BCUT2D eigenvalue weighted by Gasteiger charge is -2.34. The maximum absolute atomic E-state index is 14.0. The minimum atomic E-state index is -4.19. The Morgan fingerprint density at radius 2 is 1.95 bits per heavy atom. The first-order chi connectivity index (χ1) is 9.30. The molecule has 112 valence electrons. The number of nitrogens with two attached hydrogens (primary N) is 1. The van der Waals surface area contributed by atoms with Crippen LogP contribution < -0.4 is 5.73 Å². The van der Waals surface area contributed by atoms with Crippen molar-refractivity contribution >= 4 is 15.9 Å². The van der Waals surface area contributed by atoms with Gasteiger partial charge in [0.25, 0.3) is 0 Å². The van der Waals surface area contributed by atoms with Crippen molar-refractivity contribution in [2.45, 2.75) is 37.9 Å². The maximum atomic E-state index is 14.0. The first-order valence-electron chi connectivity index (χ1n) is 6.57. The highest BCUT2D eigenvalue weighted by Crippen LogP contribution is 2.43. The van der Waals surface area contributed by atoms with Gasteiger partial charge in [-0.2, -0.15) is 13.2 Å². The quantitative estimate of drug-likeness (QED) is 0.747. The Hall–Kier alpha value is -0.620. The van der Waals surface area contributed by atoms with Gasteiger partial charge in [-0.05, 0) is 47.2 Å². The predicted octanol–water partition coefficient (Wildman–Crippen LogP) is 4.96. The van der Waals surface area contributed by atoms with Crippen molar-refractivity contribution in [3.63, 3.8) is 0 Å². The third kappa shape index (κ3) is 3.34. The fraction of sp³-hybridized carbons (Fsp3) is 0.571. The number of alkyl halides is 3. The van der Waals surface area contributed by atoms with Crippen molar-refractivity contribution in [1.82, 2.24) is 0 Å². The van der Waals surface area contributed by atoms with Gasteiger partial charge in [0.2, 0.25) is 0 Å². The van der Waals surface area contributed by atoms with E-state index >= 15 is 0 Å². The second-order valence-corrected chi connectivity index (χ2v) is 6.19. The molecule has 3 atom stereocenters. The van der Waals surface area contributed by atoms with Crippen molar-refractivity contribution in [1.29, 1.82) is 0 Å². The molecule has 1 saturated carbocycles. The Labute approximate surface area is 123 Å². The van der Waals surface area contributed by atoms with Crippen molar-refractivity contribution < 1.29 is 17.6 Å². The summed E-state index contributed by atoms with van der Waals surface area (Å²) in [5.74, 6) is -2.13. The molecule has 1 aliphatic carbocycles. The summed E-state index contributed by atoms with van der Waals surface area (Å²) in [5.41, 5.74) is 6.30. The summed E-state index contributed by atoms with van der Waals surface area (Å²) in [7, 11) is 0. The molecule has 6 heteroatoms. The molecule has 0 aromatic heterocycles. The largest absolute Gasteiger partial charge is 0.391 e. The van der Waals surface area contributed by atoms with Crippen molar-refractivity contribution in [3.05, 3.63) is 34.1 Å². The molecule has 0 bridgehead atoms. The zero-order valence-electron chi connectivity index (χ0n) is 10.8. The zero-order chi connectivity index (χ0) is 14.9. The molecule has 2 N–H and O–H groups in total. The van der Waals surface area contributed by atoms with Crippen LogP contribution in [-0.4, -0.2) is 6.18 Å². The summed E-state index contributed by atoms with van der Waals surface area (Å²) < 4.78 is 52.7. The standard InChI is InChI=1S/C14H16BrF4N/c15-11-6-2-5-10(12(11)16)13(20)8-3-1-4-9(7-8)14(17,18)19/h2,5-6,8-9,13H,1,3-4,7,20H2. The van der Waals surface area contributed by atoms with Crippen LogP contribution in [0.25, 0.3) is 0 Å². The Bertz CT molecular complexity index is 475. The molecule has 0 amide bonds. The van der Waals surface area contributed by atoms with E-state index in [0.29, 0.717) is 12.8 Å². The number of rotatable bonds is 2. The molecular weight excluding hydrogens is 338 g/mol. The Kier molecular flexibility index (Phi) is 4.74. The molecule has 0 heterocycles. The van der Waals surface area contributed by atoms with Crippen LogP contribution >= 0.6 is 15.9 Å². The van der Waals surface area contributed by atoms with Gasteiger partial charge in [0.05, 0.1) is 10.4 Å². The van der Waals surface area contributed by atoms with E-state index < -0.39 is 24.0 Å². The van der Waals surface area contributed by atoms with Gasteiger partial charge >= 0.3 is 6.18 Å². The van der Waals surface area contributed by atoms with E-state index in [2.05, 4.69) is 15.9 Å². The number of hydrogen-bond acceptors (Lipinski definition) is 1. The highest BCUT2D eigenvalue weighted by molar-refractivity contribution is 9.10. The Morgan fingerprint density at radius 1 is 1.25 bits per heavy atom. The van der Waals surface area contributed by atoms with Crippen molar-refractivity contribution in [3.8, 4) is 0 Å². The van der Waals surface area contributed by atoms with Gasteiger partial charge < -0.3 is 5.73 Å². The predicted molar refractivity (Wildman–Crippen MR) is 72.5 cm³/mol. The number of halogens is 5. The molecule has 0 radical (unpaired) electrons. The summed E-state index contributed by atoms with van der Waals surface area (Å²) in [5, 5.41) is 0. The van der Waals surface area contributed by atoms with E-state index in [1.807, 2.05) is 0 Å². The van der Waals surface area contributed by atoms with Crippen LogP contribution in [0.4, 0.5) is 17.6 Å². The van der Waals surface area contributed by atoms with E-state index in [4.69, 9.17) is 5.73 Å². The van der Waals surface area contributed by atoms with E-state index in [-0.39, 0.29) is 28.8 Å². The third-order valence-electron chi connectivity index (χ3n) is 4.03. The van der Waals surface area contributed by atoms with E-state index in [1.54, 1.807) is 18.2 Å². The normalized spacial score (nSPS) is 25.5. The van der Waals surface area contributed by atoms with Crippen LogP contribution in [0.15, 0.2) is 22.7 Å². The molecule has 1 aromatic carbocycles. The van der Waals surface area contributed by atoms with Gasteiger partial charge in [-0.15, -0.1) is 0 Å². The fourth-order valence-electron chi connectivity index (χ4n) is 2.88. The van der Waals surface area contributed by atoms with Crippen LogP contribution in [0, 0.1) is 17.7 Å². The lowest BCUT2D eigenvalue weighted by molar-refractivity contribution is -0.186. The maximum Gasteiger partial charge on any atom is 0.391 e. The van der Waals surface area contributed by atoms with Crippen LogP contribution in [0.3, 0.4) is 0 Å². The van der Waals surface area contributed by atoms with Gasteiger partial charge in [-0.1, -0.05) is 18.6 Å². The minimum absolute atomic E-state index is 0.0172. The molecule has 0 aliphatic heterocycles. The first kappa shape index (κ1) is 15.8.